The van der Waals surface area contributed by atoms with Gasteiger partial charge in [0.05, 0.1) is 5.38 Å². The summed E-state index contributed by atoms with van der Waals surface area (Å²) in [6, 6.07) is 4.06. The molecule has 0 aromatic heterocycles. The Hall–Kier alpha value is -0.630. The van der Waals surface area contributed by atoms with Gasteiger partial charge >= 0.3 is 0 Å². The predicted molar refractivity (Wildman–Crippen MR) is 75.3 cm³/mol. The van der Waals surface area contributed by atoms with Crippen LogP contribution in [-0.4, -0.2) is 0 Å². The second-order valence-electron chi connectivity index (χ2n) is 6.20. The molecule has 0 bridgehead atoms. The van der Waals surface area contributed by atoms with Gasteiger partial charge in [-0.3, -0.25) is 0 Å². The van der Waals surface area contributed by atoms with E-state index in [4.69, 9.17) is 11.6 Å². The molecule has 1 aromatic rings. The quantitative estimate of drug-likeness (QED) is 0.609. The molecule has 1 unspecified atom stereocenters. The Labute approximate surface area is 119 Å². The van der Waals surface area contributed by atoms with Gasteiger partial charge in [0.2, 0.25) is 0 Å². The summed E-state index contributed by atoms with van der Waals surface area (Å²) >= 11 is 6.65. The molecule has 0 spiro atoms. The number of rotatable bonds is 4. The molecule has 0 aliphatic heterocycles. The summed E-state index contributed by atoms with van der Waals surface area (Å²) in [7, 11) is 0. The van der Waals surface area contributed by atoms with Gasteiger partial charge in [0.15, 0.2) is 11.6 Å². The molecule has 0 amide bonds. The van der Waals surface area contributed by atoms with E-state index < -0.39 is 11.6 Å². The zero-order valence-corrected chi connectivity index (χ0v) is 12.3. The maximum absolute atomic E-state index is 13.4. The molecule has 1 aliphatic rings. The van der Waals surface area contributed by atoms with E-state index in [2.05, 4.69) is 13.8 Å². The molecule has 1 aromatic carbocycles. The fourth-order valence-corrected chi connectivity index (χ4v) is 3.92. The van der Waals surface area contributed by atoms with Gasteiger partial charge in [-0.1, -0.05) is 32.8 Å². The van der Waals surface area contributed by atoms with Crippen LogP contribution in [0.4, 0.5) is 8.78 Å². The molecule has 1 saturated carbocycles. The Morgan fingerprint density at radius 1 is 1.16 bits per heavy atom. The highest BCUT2D eigenvalue weighted by Gasteiger charge is 2.41. The minimum absolute atomic E-state index is 0.0417. The van der Waals surface area contributed by atoms with Gasteiger partial charge in [0.25, 0.3) is 0 Å². The van der Waals surface area contributed by atoms with Crippen molar-refractivity contribution in [3.05, 3.63) is 35.4 Å². The van der Waals surface area contributed by atoms with E-state index in [-0.39, 0.29) is 10.8 Å². The highest BCUT2D eigenvalue weighted by molar-refractivity contribution is 6.21. The molecule has 2 rings (SSSR count). The maximum Gasteiger partial charge on any atom is 0.159 e. The summed E-state index contributed by atoms with van der Waals surface area (Å²) < 4.78 is 26.4. The number of hydrogen-bond donors (Lipinski definition) is 0. The largest absolute Gasteiger partial charge is 0.204 e. The third-order valence-electron chi connectivity index (χ3n) is 4.19. The van der Waals surface area contributed by atoms with Crippen molar-refractivity contribution in [2.75, 3.05) is 0 Å². The Kier molecular flexibility index (Phi) is 4.50. The molecule has 0 heterocycles. The van der Waals surface area contributed by atoms with Crippen LogP contribution < -0.4 is 0 Å². The Bertz CT molecular complexity index is 436. The van der Waals surface area contributed by atoms with Crippen molar-refractivity contribution in [1.82, 2.24) is 0 Å². The zero-order chi connectivity index (χ0) is 14.0. The van der Waals surface area contributed by atoms with E-state index in [9.17, 15) is 8.78 Å². The number of halogens is 3. The lowest BCUT2D eigenvalue weighted by Crippen LogP contribution is -2.25. The summed E-state index contributed by atoms with van der Waals surface area (Å²) in [5.74, 6) is -1.05. The van der Waals surface area contributed by atoms with E-state index in [0.717, 1.165) is 19.3 Å². The highest BCUT2D eigenvalue weighted by Crippen LogP contribution is 2.54. The van der Waals surface area contributed by atoms with Crippen LogP contribution in [0, 0.1) is 23.0 Å². The van der Waals surface area contributed by atoms with E-state index >= 15 is 0 Å². The van der Waals surface area contributed by atoms with Gasteiger partial charge in [0.1, 0.15) is 0 Å². The molecule has 0 radical (unpaired) electrons. The van der Waals surface area contributed by atoms with E-state index in [1.165, 1.54) is 25.0 Å². The third kappa shape index (κ3) is 3.10. The standard InChI is InChI=1S/C16H21ClF2/c1-11(2)10-16(7-3-4-8-16)15(17)12-5-6-13(18)14(19)9-12/h5-6,9,11,15H,3-4,7-8,10H2,1-2H3. The minimum Gasteiger partial charge on any atom is -0.204 e. The summed E-state index contributed by atoms with van der Waals surface area (Å²) in [6.07, 6.45) is 5.57. The van der Waals surface area contributed by atoms with Crippen molar-refractivity contribution in [2.24, 2.45) is 11.3 Å². The minimum atomic E-state index is -0.808. The van der Waals surface area contributed by atoms with Gasteiger partial charge in [0, 0.05) is 0 Å². The molecule has 1 atom stereocenters. The molecule has 19 heavy (non-hydrogen) atoms. The van der Waals surface area contributed by atoms with E-state index in [1.807, 2.05) is 0 Å². The van der Waals surface area contributed by atoms with Crippen molar-refractivity contribution in [3.8, 4) is 0 Å². The fourth-order valence-electron chi connectivity index (χ4n) is 3.48. The molecule has 1 fully saturated rings. The molecule has 0 N–H and O–H groups in total. The second-order valence-corrected chi connectivity index (χ2v) is 6.64. The lowest BCUT2D eigenvalue weighted by molar-refractivity contribution is 0.223. The van der Waals surface area contributed by atoms with Crippen LogP contribution in [0.2, 0.25) is 0 Å². The summed E-state index contributed by atoms with van der Waals surface area (Å²) in [5.41, 5.74) is 0.753. The van der Waals surface area contributed by atoms with Crippen LogP contribution in [0.1, 0.15) is 56.9 Å². The van der Waals surface area contributed by atoms with Crippen LogP contribution >= 0.6 is 11.6 Å². The first kappa shape index (κ1) is 14.8. The lowest BCUT2D eigenvalue weighted by atomic mass is 9.73. The van der Waals surface area contributed by atoms with Crippen LogP contribution in [0.15, 0.2) is 18.2 Å². The highest BCUT2D eigenvalue weighted by atomic mass is 35.5. The normalized spacial score (nSPS) is 19.9. The Morgan fingerprint density at radius 3 is 2.32 bits per heavy atom. The Balaban J connectivity index is 2.28. The van der Waals surface area contributed by atoms with Crippen LogP contribution in [0.3, 0.4) is 0 Å². The molecule has 1 aliphatic carbocycles. The summed E-state index contributed by atoms with van der Waals surface area (Å²) in [4.78, 5) is 0. The fraction of sp³-hybridized carbons (Fsp3) is 0.625. The van der Waals surface area contributed by atoms with Crippen molar-refractivity contribution in [2.45, 2.75) is 51.3 Å². The molecule has 0 nitrogen and oxygen atoms in total. The predicted octanol–water partition coefficient (Wildman–Crippen LogP) is 5.85. The SMILES string of the molecule is CC(C)CC1(C(Cl)c2ccc(F)c(F)c2)CCCC1. The van der Waals surface area contributed by atoms with Crippen LogP contribution in [0.5, 0.6) is 0 Å². The average Bonchev–Trinajstić information content (AvgIpc) is 2.80. The topological polar surface area (TPSA) is 0 Å². The third-order valence-corrected chi connectivity index (χ3v) is 4.90. The van der Waals surface area contributed by atoms with Crippen molar-refractivity contribution in [1.29, 1.82) is 0 Å². The van der Waals surface area contributed by atoms with Crippen molar-refractivity contribution < 1.29 is 8.78 Å². The summed E-state index contributed by atoms with van der Waals surface area (Å²) in [6.45, 7) is 4.38. The van der Waals surface area contributed by atoms with Gasteiger partial charge in [-0.15, -0.1) is 11.6 Å². The maximum atomic E-state index is 13.4. The monoisotopic (exact) mass is 286 g/mol. The molecular formula is C16H21ClF2. The first-order chi connectivity index (χ1) is 8.94. The van der Waals surface area contributed by atoms with Crippen LogP contribution in [-0.2, 0) is 0 Å². The molecule has 3 heteroatoms. The van der Waals surface area contributed by atoms with Gasteiger partial charge < -0.3 is 0 Å². The second kappa shape index (κ2) is 5.78. The molecular weight excluding hydrogens is 266 g/mol. The summed E-state index contributed by atoms with van der Waals surface area (Å²) in [5, 5.41) is -0.229. The smallest absolute Gasteiger partial charge is 0.159 e. The lowest BCUT2D eigenvalue weighted by Gasteiger charge is -2.36. The van der Waals surface area contributed by atoms with Gasteiger partial charge in [-0.25, -0.2) is 8.78 Å². The first-order valence-electron chi connectivity index (χ1n) is 7.04. The van der Waals surface area contributed by atoms with Crippen molar-refractivity contribution >= 4 is 11.6 Å². The molecule has 106 valence electrons. The van der Waals surface area contributed by atoms with E-state index in [0.29, 0.717) is 11.5 Å². The zero-order valence-electron chi connectivity index (χ0n) is 11.6. The Morgan fingerprint density at radius 2 is 1.79 bits per heavy atom. The number of alkyl halides is 1. The van der Waals surface area contributed by atoms with Crippen molar-refractivity contribution in [3.63, 3.8) is 0 Å². The average molecular weight is 287 g/mol. The van der Waals surface area contributed by atoms with Crippen LogP contribution in [0.25, 0.3) is 0 Å². The molecule has 0 saturated heterocycles. The first-order valence-corrected chi connectivity index (χ1v) is 7.47. The van der Waals surface area contributed by atoms with E-state index in [1.54, 1.807) is 6.07 Å². The number of hydrogen-bond acceptors (Lipinski definition) is 0. The van der Waals surface area contributed by atoms with Gasteiger partial charge in [-0.2, -0.15) is 0 Å². The number of benzene rings is 1. The van der Waals surface area contributed by atoms with Gasteiger partial charge in [-0.05, 0) is 48.3 Å².